The Hall–Kier alpha value is -0.160. The fraction of sp³-hybridized carbons (Fsp3) is 1.00. The third-order valence-corrected chi connectivity index (χ3v) is 2.44. The van der Waals surface area contributed by atoms with E-state index in [4.69, 9.17) is 5.11 Å². The molecule has 92 valence electrons. The normalized spacial score (nSPS) is 16.0. The number of hydrogen-bond acceptors (Lipinski definition) is 4. The largest absolute Gasteiger partial charge is 0.395 e. The summed E-state index contributed by atoms with van der Waals surface area (Å²) >= 11 is 0. The fourth-order valence-electron chi connectivity index (χ4n) is 1.54. The minimum absolute atomic E-state index is 0.127. The van der Waals surface area contributed by atoms with Crippen molar-refractivity contribution < 1.29 is 10.2 Å². The Labute approximate surface area is 93.5 Å². The molecular weight excluding hydrogens is 192 g/mol. The van der Waals surface area contributed by atoms with Gasteiger partial charge in [-0.05, 0) is 47.5 Å². The zero-order valence-electron chi connectivity index (χ0n) is 10.5. The van der Waals surface area contributed by atoms with Crippen LogP contribution in [0.25, 0.3) is 0 Å². The lowest BCUT2D eigenvalue weighted by molar-refractivity contribution is 0.0749. The van der Waals surface area contributed by atoms with Gasteiger partial charge in [-0.1, -0.05) is 0 Å². The first-order chi connectivity index (χ1) is 6.97. The van der Waals surface area contributed by atoms with E-state index in [1.54, 1.807) is 6.92 Å². The molecule has 2 unspecified atom stereocenters. The van der Waals surface area contributed by atoms with Crippen LogP contribution in [0, 0.1) is 0 Å². The predicted octanol–water partition coefficient (Wildman–Crippen LogP) is 0.00170. The van der Waals surface area contributed by atoms with E-state index in [1.165, 1.54) is 0 Å². The average Bonchev–Trinajstić information content (AvgIpc) is 2.14. The van der Waals surface area contributed by atoms with E-state index in [-0.39, 0.29) is 18.8 Å². The monoisotopic (exact) mass is 218 g/mol. The third kappa shape index (κ3) is 7.73. The molecule has 0 saturated carbocycles. The van der Waals surface area contributed by atoms with Gasteiger partial charge < -0.3 is 15.1 Å². The fourth-order valence-corrected chi connectivity index (χ4v) is 1.54. The van der Waals surface area contributed by atoms with E-state index in [1.807, 2.05) is 6.92 Å². The SMILES string of the molecule is CC(O)CN(CCCN(C)C)C(C)CO. The highest BCUT2D eigenvalue weighted by Gasteiger charge is 2.14. The van der Waals surface area contributed by atoms with E-state index in [0.29, 0.717) is 6.54 Å². The lowest BCUT2D eigenvalue weighted by atomic mass is 10.2. The van der Waals surface area contributed by atoms with Crippen LogP contribution in [0.2, 0.25) is 0 Å². The van der Waals surface area contributed by atoms with Gasteiger partial charge >= 0.3 is 0 Å². The maximum atomic E-state index is 9.34. The quantitative estimate of drug-likeness (QED) is 0.602. The molecule has 0 aliphatic rings. The second-order valence-electron chi connectivity index (χ2n) is 4.53. The first kappa shape index (κ1) is 14.8. The minimum atomic E-state index is -0.335. The summed E-state index contributed by atoms with van der Waals surface area (Å²) in [4.78, 5) is 4.28. The zero-order valence-corrected chi connectivity index (χ0v) is 10.5. The average molecular weight is 218 g/mol. The van der Waals surface area contributed by atoms with Gasteiger partial charge in [-0.3, -0.25) is 4.90 Å². The van der Waals surface area contributed by atoms with Crippen molar-refractivity contribution in [1.82, 2.24) is 9.80 Å². The third-order valence-electron chi connectivity index (χ3n) is 2.44. The van der Waals surface area contributed by atoms with Crippen LogP contribution < -0.4 is 0 Å². The molecule has 4 heteroatoms. The summed E-state index contributed by atoms with van der Waals surface area (Å²) < 4.78 is 0. The molecule has 0 aromatic carbocycles. The van der Waals surface area contributed by atoms with E-state index in [2.05, 4.69) is 23.9 Å². The molecule has 0 saturated heterocycles. The molecule has 0 rings (SSSR count). The van der Waals surface area contributed by atoms with Crippen LogP contribution in [-0.2, 0) is 0 Å². The summed E-state index contributed by atoms with van der Waals surface area (Å²) in [5, 5.41) is 18.4. The molecule has 15 heavy (non-hydrogen) atoms. The lowest BCUT2D eigenvalue weighted by Crippen LogP contribution is -2.41. The summed E-state index contributed by atoms with van der Waals surface area (Å²) in [5.41, 5.74) is 0. The molecule has 2 atom stereocenters. The number of nitrogens with zero attached hydrogens (tertiary/aromatic N) is 2. The van der Waals surface area contributed by atoms with E-state index in [9.17, 15) is 5.11 Å². The summed E-state index contributed by atoms with van der Waals surface area (Å²) in [6.45, 7) is 6.50. The Morgan fingerprint density at radius 2 is 1.73 bits per heavy atom. The van der Waals surface area contributed by atoms with Crippen LogP contribution in [0.15, 0.2) is 0 Å². The Morgan fingerprint density at radius 3 is 2.13 bits per heavy atom. The second-order valence-corrected chi connectivity index (χ2v) is 4.53. The van der Waals surface area contributed by atoms with Crippen LogP contribution >= 0.6 is 0 Å². The van der Waals surface area contributed by atoms with Crippen molar-refractivity contribution >= 4 is 0 Å². The Bertz CT molecular complexity index is 152. The topological polar surface area (TPSA) is 46.9 Å². The summed E-state index contributed by atoms with van der Waals surface area (Å²) in [7, 11) is 4.10. The van der Waals surface area contributed by atoms with E-state index >= 15 is 0 Å². The number of rotatable bonds is 8. The van der Waals surface area contributed by atoms with Crippen molar-refractivity contribution in [2.45, 2.75) is 32.4 Å². The van der Waals surface area contributed by atoms with Gasteiger partial charge in [-0.2, -0.15) is 0 Å². The second kappa shape index (κ2) is 8.05. The van der Waals surface area contributed by atoms with Gasteiger partial charge in [0.1, 0.15) is 0 Å². The van der Waals surface area contributed by atoms with Crippen LogP contribution in [0.5, 0.6) is 0 Å². The highest BCUT2D eigenvalue weighted by atomic mass is 16.3. The van der Waals surface area contributed by atoms with Crippen molar-refractivity contribution in [2.75, 3.05) is 40.3 Å². The molecular formula is C11H26N2O2. The van der Waals surface area contributed by atoms with Gasteiger partial charge in [0.25, 0.3) is 0 Å². The lowest BCUT2D eigenvalue weighted by Gasteiger charge is -2.29. The van der Waals surface area contributed by atoms with Gasteiger partial charge in [0, 0.05) is 12.6 Å². The summed E-state index contributed by atoms with van der Waals surface area (Å²) in [6.07, 6.45) is 0.725. The molecule has 0 radical (unpaired) electrons. The molecule has 0 aromatic heterocycles. The van der Waals surface area contributed by atoms with E-state index in [0.717, 1.165) is 19.5 Å². The molecule has 4 nitrogen and oxygen atoms in total. The van der Waals surface area contributed by atoms with Gasteiger partial charge in [0.2, 0.25) is 0 Å². The summed E-state index contributed by atoms with van der Waals surface area (Å²) in [6, 6.07) is 0.127. The molecule has 0 aliphatic carbocycles. The van der Waals surface area contributed by atoms with Crippen LogP contribution in [0.4, 0.5) is 0 Å². The number of aliphatic hydroxyl groups is 2. The van der Waals surface area contributed by atoms with Crippen molar-refractivity contribution in [3.05, 3.63) is 0 Å². The highest BCUT2D eigenvalue weighted by molar-refractivity contribution is 4.69. The Morgan fingerprint density at radius 1 is 1.13 bits per heavy atom. The maximum absolute atomic E-state index is 9.34. The van der Waals surface area contributed by atoms with Gasteiger partial charge in [0.05, 0.1) is 12.7 Å². The first-order valence-electron chi connectivity index (χ1n) is 5.65. The van der Waals surface area contributed by atoms with Gasteiger partial charge in [0.15, 0.2) is 0 Å². The van der Waals surface area contributed by atoms with Gasteiger partial charge in [-0.15, -0.1) is 0 Å². The molecule has 0 aliphatic heterocycles. The smallest absolute Gasteiger partial charge is 0.0639 e. The minimum Gasteiger partial charge on any atom is -0.395 e. The number of hydrogen-bond donors (Lipinski definition) is 2. The standard InChI is InChI=1S/C11H26N2O2/c1-10(9-14)13(8-11(2)15)7-5-6-12(3)4/h10-11,14-15H,5-9H2,1-4H3. The van der Waals surface area contributed by atoms with Crippen molar-refractivity contribution in [3.8, 4) is 0 Å². The van der Waals surface area contributed by atoms with Crippen LogP contribution in [0.1, 0.15) is 20.3 Å². The first-order valence-corrected chi connectivity index (χ1v) is 5.65. The van der Waals surface area contributed by atoms with Crippen LogP contribution in [-0.4, -0.2) is 72.5 Å². The number of aliphatic hydroxyl groups excluding tert-OH is 2. The molecule has 2 N–H and O–H groups in total. The van der Waals surface area contributed by atoms with Crippen molar-refractivity contribution in [3.63, 3.8) is 0 Å². The Balaban J connectivity index is 3.90. The molecule has 0 heterocycles. The van der Waals surface area contributed by atoms with E-state index < -0.39 is 0 Å². The highest BCUT2D eigenvalue weighted by Crippen LogP contribution is 2.02. The van der Waals surface area contributed by atoms with Crippen LogP contribution in [0.3, 0.4) is 0 Å². The molecule has 0 aromatic rings. The van der Waals surface area contributed by atoms with Gasteiger partial charge in [-0.25, -0.2) is 0 Å². The predicted molar refractivity (Wildman–Crippen MR) is 63.0 cm³/mol. The maximum Gasteiger partial charge on any atom is 0.0639 e. The zero-order chi connectivity index (χ0) is 11.8. The molecule has 0 fully saturated rings. The molecule has 0 amide bonds. The molecule has 0 spiro atoms. The Kier molecular flexibility index (Phi) is 7.96. The van der Waals surface area contributed by atoms with Crippen molar-refractivity contribution in [2.24, 2.45) is 0 Å². The summed E-state index contributed by atoms with van der Waals surface area (Å²) in [5.74, 6) is 0. The van der Waals surface area contributed by atoms with Crippen molar-refractivity contribution in [1.29, 1.82) is 0 Å². The molecule has 0 bridgehead atoms.